The summed E-state index contributed by atoms with van der Waals surface area (Å²) in [6.07, 6.45) is 0. The van der Waals surface area contributed by atoms with Crippen LogP contribution in [0.1, 0.15) is 16.3 Å². The highest BCUT2D eigenvalue weighted by Crippen LogP contribution is 2.19. The van der Waals surface area contributed by atoms with Gasteiger partial charge in [0, 0.05) is 5.39 Å². The third-order valence-corrected chi connectivity index (χ3v) is 4.17. The SMILES string of the molecule is N#C/C(=C(\O)COC(=O)c1ccc2ccccc2n1)c1nc2ccccc2[nH]1. The van der Waals surface area contributed by atoms with E-state index in [2.05, 4.69) is 15.0 Å². The van der Waals surface area contributed by atoms with Crippen LogP contribution < -0.4 is 0 Å². The summed E-state index contributed by atoms with van der Waals surface area (Å²) in [4.78, 5) is 23.7. The van der Waals surface area contributed by atoms with E-state index in [1.165, 1.54) is 0 Å². The van der Waals surface area contributed by atoms with Crippen LogP contribution in [-0.2, 0) is 4.74 Å². The van der Waals surface area contributed by atoms with Crippen molar-refractivity contribution in [2.45, 2.75) is 0 Å². The highest BCUT2D eigenvalue weighted by atomic mass is 16.5. The van der Waals surface area contributed by atoms with E-state index < -0.39 is 18.3 Å². The average molecular weight is 370 g/mol. The summed E-state index contributed by atoms with van der Waals surface area (Å²) in [5.41, 5.74) is 2.09. The predicted octanol–water partition coefficient (Wildman–Crippen LogP) is 3.76. The molecule has 0 fully saturated rings. The molecule has 0 saturated carbocycles. The van der Waals surface area contributed by atoms with Gasteiger partial charge in [0.05, 0.1) is 16.6 Å². The number of imidazole rings is 1. The second kappa shape index (κ2) is 7.21. The maximum atomic E-state index is 12.3. The first-order valence-corrected chi connectivity index (χ1v) is 8.46. The van der Waals surface area contributed by atoms with Crippen molar-refractivity contribution in [2.75, 3.05) is 6.61 Å². The van der Waals surface area contributed by atoms with E-state index in [4.69, 9.17) is 4.74 Å². The van der Waals surface area contributed by atoms with Crippen LogP contribution in [0.15, 0.2) is 66.4 Å². The molecule has 0 saturated heterocycles. The fraction of sp³-hybridized carbons (Fsp3) is 0.0476. The Kier molecular flexibility index (Phi) is 4.44. The number of hydrogen-bond acceptors (Lipinski definition) is 6. The largest absolute Gasteiger partial charge is 0.507 e. The summed E-state index contributed by atoms with van der Waals surface area (Å²) in [7, 11) is 0. The van der Waals surface area contributed by atoms with Crippen molar-refractivity contribution >= 4 is 33.5 Å². The van der Waals surface area contributed by atoms with E-state index in [-0.39, 0.29) is 17.1 Å². The second-order valence-corrected chi connectivity index (χ2v) is 6.00. The highest BCUT2D eigenvalue weighted by Gasteiger charge is 2.16. The number of aromatic amines is 1. The number of carbonyl (C=O) groups excluding carboxylic acids is 1. The van der Waals surface area contributed by atoms with Gasteiger partial charge in [-0.1, -0.05) is 36.4 Å². The summed E-state index contributed by atoms with van der Waals surface area (Å²) < 4.78 is 5.12. The van der Waals surface area contributed by atoms with Gasteiger partial charge in [0.25, 0.3) is 0 Å². The molecule has 0 amide bonds. The van der Waals surface area contributed by atoms with Crippen LogP contribution >= 0.6 is 0 Å². The first kappa shape index (κ1) is 17.2. The third kappa shape index (κ3) is 3.27. The molecule has 0 aliphatic heterocycles. The summed E-state index contributed by atoms with van der Waals surface area (Å²) >= 11 is 0. The number of aliphatic hydroxyl groups excluding tert-OH is 1. The first-order valence-electron chi connectivity index (χ1n) is 8.46. The van der Waals surface area contributed by atoms with Crippen LogP contribution in [0.2, 0.25) is 0 Å². The lowest BCUT2D eigenvalue weighted by atomic mass is 10.2. The molecule has 0 spiro atoms. The molecule has 7 nitrogen and oxygen atoms in total. The van der Waals surface area contributed by atoms with Crippen molar-refractivity contribution in [3.05, 3.63) is 77.9 Å². The molecular formula is C21H14N4O3. The van der Waals surface area contributed by atoms with Crippen LogP contribution in [0, 0.1) is 11.3 Å². The minimum Gasteiger partial charge on any atom is -0.507 e. The monoisotopic (exact) mass is 370 g/mol. The van der Waals surface area contributed by atoms with Gasteiger partial charge in [-0.25, -0.2) is 14.8 Å². The van der Waals surface area contributed by atoms with Gasteiger partial charge >= 0.3 is 5.97 Å². The van der Waals surface area contributed by atoms with Crippen molar-refractivity contribution in [3.8, 4) is 6.07 Å². The molecule has 136 valence electrons. The van der Waals surface area contributed by atoms with Crippen LogP contribution in [0.3, 0.4) is 0 Å². The van der Waals surface area contributed by atoms with E-state index in [0.29, 0.717) is 11.0 Å². The molecule has 7 heteroatoms. The molecule has 4 rings (SSSR count). The van der Waals surface area contributed by atoms with Crippen molar-refractivity contribution in [1.29, 1.82) is 5.26 Å². The molecule has 0 bridgehead atoms. The van der Waals surface area contributed by atoms with Crippen LogP contribution in [0.4, 0.5) is 0 Å². The quantitative estimate of drug-likeness (QED) is 0.321. The zero-order valence-corrected chi connectivity index (χ0v) is 14.6. The molecule has 0 aliphatic carbocycles. The summed E-state index contributed by atoms with van der Waals surface area (Å²) in [5, 5.41) is 20.6. The Bertz CT molecular complexity index is 1230. The number of carbonyl (C=O) groups is 1. The lowest BCUT2D eigenvalue weighted by molar-refractivity contribution is 0.0496. The molecule has 28 heavy (non-hydrogen) atoms. The summed E-state index contributed by atoms with van der Waals surface area (Å²) in [5.74, 6) is -0.879. The van der Waals surface area contributed by atoms with Crippen molar-refractivity contribution < 1.29 is 14.6 Å². The van der Waals surface area contributed by atoms with Gasteiger partial charge in [-0.05, 0) is 24.3 Å². The Morgan fingerprint density at radius 3 is 2.57 bits per heavy atom. The number of aliphatic hydroxyl groups is 1. The lowest BCUT2D eigenvalue weighted by Gasteiger charge is -2.06. The maximum absolute atomic E-state index is 12.3. The number of fused-ring (bicyclic) bond motifs is 2. The van der Waals surface area contributed by atoms with E-state index in [1.807, 2.05) is 42.5 Å². The minimum atomic E-state index is -0.695. The van der Waals surface area contributed by atoms with E-state index in [1.54, 1.807) is 24.3 Å². The van der Waals surface area contributed by atoms with Gasteiger partial charge < -0.3 is 14.8 Å². The molecule has 2 aromatic carbocycles. The minimum absolute atomic E-state index is 0.0875. The Morgan fingerprint density at radius 1 is 1.04 bits per heavy atom. The fourth-order valence-electron chi connectivity index (χ4n) is 2.79. The number of ether oxygens (including phenoxy) is 1. The molecule has 0 radical (unpaired) electrons. The number of nitrogens with zero attached hydrogens (tertiary/aromatic N) is 3. The number of esters is 1. The Hall–Kier alpha value is -4.18. The number of nitriles is 1. The number of nitrogens with one attached hydrogen (secondary N) is 1. The Morgan fingerprint density at radius 2 is 1.79 bits per heavy atom. The number of pyridine rings is 1. The van der Waals surface area contributed by atoms with Crippen LogP contribution in [0.5, 0.6) is 0 Å². The standard InChI is InChI=1S/C21H14N4O3/c22-11-14(20-24-16-7-3-4-8-17(16)25-20)19(26)12-28-21(27)18-10-9-13-5-1-2-6-15(13)23-18/h1-10,26H,12H2,(H,24,25)/b19-14+. The number of H-pyrrole nitrogens is 1. The Balaban J connectivity index is 1.54. The normalized spacial score (nSPS) is 11.8. The molecule has 0 atom stereocenters. The molecular weight excluding hydrogens is 356 g/mol. The molecule has 2 heterocycles. The molecule has 4 aromatic rings. The van der Waals surface area contributed by atoms with E-state index in [9.17, 15) is 15.2 Å². The fourth-order valence-corrected chi connectivity index (χ4v) is 2.79. The smallest absolute Gasteiger partial charge is 0.357 e. The van der Waals surface area contributed by atoms with Gasteiger partial charge in [-0.3, -0.25) is 0 Å². The average Bonchev–Trinajstić information content (AvgIpc) is 3.15. The molecule has 2 N–H and O–H groups in total. The number of benzene rings is 2. The Labute approximate surface area is 159 Å². The number of hydrogen-bond donors (Lipinski definition) is 2. The third-order valence-electron chi connectivity index (χ3n) is 4.17. The van der Waals surface area contributed by atoms with Crippen LogP contribution in [0.25, 0.3) is 27.5 Å². The topological polar surface area (TPSA) is 112 Å². The predicted molar refractivity (Wildman–Crippen MR) is 103 cm³/mol. The van der Waals surface area contributed by atoms with Crippen LogP contribution in [-0.4, -0.2) is 32.6 Å². The molecule has 0 unspecified atom stereocenters. The molecule has 0 aliphatic rings. The van der Waals surface area contributed by atoms with Gasteiger partial charge in [0.1, 0.15) is 23.9 Å². The van der Waals surface area contributed by atoms with E-state index in [0.717, 1.165) is 10.9 Å². The molecule has 2 aromatic heterocycles. The van der Waals surface area contributed by atoms with Crippen molar-refractivity contribution in [3.63, 3.8) is 0 Å². The van der Waals surface area contributed by atoms with Gasteiger partial charge in [0.15, 0.2) is 11.6 Å². The van der Waals surface area contributed by atoms with Crippen molar-refractivity contribution in [1.82, 2.24) is 15.0 Å². The number of rotatable bonds is 4. The number of para-hydroxylation sites is 3. The van der Waals surface area contributed by atoms with Gasteiger partial charge in [-0.2, -0.15) is 5.26 Å². The number of aromatic nitrogens is 3. The highest BCUT2D eigenvalue weighted by molar-refractivity contribution is 5.91. The number of allylic oxidation sites excluding steroid dienone is 1. The lowest BCUT2D eigenvalue weighted by Crippen LogP contribution is -2.11. The van der Waals surface area contributed by atoms with E-state index >= 15 is 0 Å². The van der Waals surface area contributed by atoms with Crippen molar-refractivity contribution in [2.24, 2.45) is 0 Å². The van der Waals surface area contributed by atoms with Gasteiger partial charge in [-0.15, -0.1) is 0 Å². The second-order valence-electron chi connectivity index (χ2n) is 6.00. The zero-order valence-electron chi connectivity index (χ0n) is 14.6. The van der Waals surface area contributed by atoms with Gasteiger partial charge in [0.2, 0.25) is 0 Å². The first-order chi connectivity index (χ1) is 13.7. The summed E-state index contributed by atoms with van der Waals surface area (Å²) in [6, 6.07) is 19.8. The summed E-state index contributed by atoms with van der Waals surface area (Å²) in [6.45, 7) is -0.465. The zero-order chi connectivity index (χ0) is 19.5. The maximum Gasteiger partial charge on any atom is 0.357 e.